The lowest BCUT2D eigenvalue weighted by Crippen LogP contribution is -2.56. The number of hydrogen-bond donors (Lipinski definition) is 2. The maximum Gasteiger partial charge on any atom is 0.408 e. The predicted molar refractivity (Wildman–Crippen MR) is 100 cm³/mol. The van der Waals surface area contributed by atoms with Crippen molar-refractivity contribution in [2.45, 2.75) is 31.5 Å². The number of carboxylic acid groups (broad SMARTS) is 2. The number of nitrogens with one attached hydrogen (secondary N) is 2. The minimum absolute atomic E-state index is 0.0260. The Balaban J connectivity index is 2.06. The summed E-state index contributed by atoms with van der Waals surface area (Å²) in [6.45, 7) is -0.0291. The molecule has 0 radical (unpaired) electrons. The van der Waals surface area contributed by atoms with Gasteiger partial charge in [0.1, 0.15) is 12.6 Å². The number of ether oxygens (including phenoxy) is 1. The van der Waals surface area contributed by atoms with Gasteiger partial charge in [-0.25, -0.2) is 4.79 Å². The second-order valence-electron chi connectivity index (χ2n) is 6.40. The van der Waals surface area contributed by atoms with Crippen molar-refractivity contribution >= 4 is 23.9 Å². The van der Waals surface area contributed by atoms with Crippen LogP contribution in [0.4, 0.5) is 4.79 Å². The van der Waals surface area contributed by atoms with Gasteiger partial charge < -0.3 is 35.2 Å². The van der Waals surface area contributed by atoms with Crippen LogP contribution >= 0.6 is 0 Å². The Labute approximate surface area is 172 Å². The van der Waals surface area contributed by atoms with Crippen LogP contribution in [0.2, 0.25) is 0 Å². The van der Waals surface area contributed by atoms with E-state index < -0.39 is 42.4 Å². The molecule has 0 unspecified atom stereocenters. The van der Waals surface area contributed by atoms with Gasteiger partial charge in [-0.05, 0) is 11.1 Å². The van der Waals surface area contributed by atoms with E-state index in [0.29, 0.717) is 5.56 Å². The molecule has 9 heteroatoms. The van der Waals surface area contributed by atoms with E-state index in [2.05, 4.69) is 10.6 Å². The van der Waals surface area contributed by atoms with Gasteiger partial charge in [-0.15, -0.1) is 0 Å². The Hall–Kier alpha value is -3.88. The fraction of sp³-hybridized carbons (Fsp3) is 0.238. The Bertz CT molecular complexity index is 871. The third kappa shape index (κ3) is 7.63. The SMILES string of the molecule is O=C([O-])C[C@H](NC(=O)[C@H](Cc1ccccc1)NC(=O)OCc1ccccc1)C(=O)[O-]. The zero-order chi connectivity index (χ0) is 21.9. The highest BCUT2D eigenvalue weighted by atomic mass is 16.5. The van der Waals surface area contributed by atoms with E-state index >= 15 is 0 Å². The summed E-state index contributed by atoms with van der Waals surface area (Å²) < 4.78 is 5.10. The first-order valence-corrected chi connectivity index (χ1v) is 9.07. The molecule has 0 fully saturated rings. The van der Waals surface area contributed by atoms with Crippen LogP contribution in [-0.2, 0) is 32.1 Å². The molecule has 0 aliphatic rings. The number of benzene rings is 2. The maximum atomic E-state index is 12.6. The van der Waals surface area contributed by atoms with Crippen LogP contribution in [0, 0.1) is 0 Å². The normalized spacial score (nSPS) is 12.3. The first-order chi connectivity index (χ1) is 14.3. The Kier molecular flexibility index (Phi) is 8.37. The lowest BCUT2D eigenvalue weighted by Gasteiger charge is -2.24. The van der Waals surface area contributed by atoms with Gasteiger partial charge in [0.25, 0.3) is 0 Å². The number of rotatable bonds is 10. The molecule has 2 atom stereocenters. The summed E-state index contributed by atoms with van der Waals surface area (Å²) in [5.41, 5.74) is 1.42. The van der Waals surface area contributed by atoms with Gasteiger partial charge in [0.05, 0.1) is 12.0 Å². The molecule has 0 aliphatic carbocycles. The maximum absolute atomic E-state index is 12.6. The van der Waals surface area contributed by atoms with Crippen molar-refractivity contribution < 1.29 is 34.1 Å². The van der Waals surface area contributed by atoms with E-state index in [1.165, 1.54) is 0 Å². The summed E-state index contributed by atoms with van der Waals surface area (Å²) in [6, 6.07) is 14.5. The topological polar surface area (TPSA) is 148 Å². The number of hydrogen-bond acceptors (Lipinski definition) is 7. The molecule has 158 valence electrons. The summed E-state index contributed by atoms with van der Waals surface area (Å²) in [6.07, 6.45) is -1.83. The number of carbonyl (C=O) groups is 4. The molecule has 0 bridgehead atoms. The molecule has 0 spiro atoms. The Morgan fingerprint density at radius 2 is 1.37 bits per heavy atom. The smallest absolute Gasteiger partial charge is 0.408 e. The van der Waals surface area contributed by atoms with Crippen molar-refractivity contribution in [3.8, 4) is 0 Å². The van der Waals surface area contributed by atoms with E-state index in [0.717, 1.165) is 5.56 Å². The van der Waals surface area contributed by atoms with E-state index in [1.54, 1.807) is 54.6 Å². The van der Waals surface area contributed by atoms with Crippen LogP contribution in [-0.4, -0.2) is 36.0 Å². The van der Waals surface area contributed by atoms with Crippen LogP contribution in [0.5, 0.6) is 0 Å². The monoisotopic (exact) mass is 412 g/mol. The second kappa shape index (κ2) is 11.2. The minimum Gasteiger partial charge on any atom is -0.550 e. The molecule has 2 aromatic carbocycles. The average Bonchev–Trinajstić information content (AvgIpc) is 2.72. The zero-order valence-corrected chi connectivity index (χ0v) is 15.9. The molecule has 0 saturated heterocycles. The van der Waals surface area contributed by atoms with Crippen LogP contribution in [0.15, 0.2) is 60.7 Å². The average molecular weight is 412 g/mol. The van der Waals surface area contributed by atoms with Gasteiger partial charge in [0.15, 0.2) is 0 Å². The van der Waals surface area contributed by atoms with Gasteiger partial charge in [-0.2, -0.15) is 0 Å². The molecule has 0 aliphatic heterocycles. The molecule has 30 heavy (non-hydrogen) atoms. The van der Waals surface area contributed by atoms with E-state index in [1.807, 2.05) is 6.07 Å². The minimum atomic E-state index is -1.80. The van der Waals surface area contributed by atoms with Gasteiger partial charge in [-0.1, -0.05) is 60.7 Å². The summed E-state index contributed by atoms with van der Waals surface area (Å²) >= 11 is 0. The van der Waals surface area contributed by atoms with Crippen molar-refractivity contribution in [1.82, 2.24) is 10.6 Å². The molecule has 0 saturated carbocycles. The number of aliphatic carboxylic acids is 2. The van der Waals surface area contributed by atoms with Crippen molar-refractivity contribution in [1.29, 1.82) is 0 Å². The van der Waals surface area contributed by atoms with Crippen LogP contribution in [0.3, 0.4) is 0 Å². The summed E-state index contributed by atoms with van der Waals surface area (Å²) in [5, 5.41) is 26.3. The summed E-state index contributed by atoms with van der Waals surface area (Å²) in [5.74, 6) is -4.34. The first kappa shape index (κ1) is 22.4. The van der Waals surface area contributed by atoms with Gasteiger partial charge in [0, 0.05) is 18.8 Å². The van der Waals surface area contributed by atoms with Crippen LogP contribution < -0.4 is 20.8 Å². The summed E-state index contributed by atoms with van der Waals surface area (Å²) in [7, 11) is 0. The summed E-state index contributed by atoms with van der Waals surface area (Å²) in [4.78, 5) is 46.6. The highest BCUT2D eigenvalue weighted by Crippen LogP contribution is 2.06. The van der Waals surface area contributed by atoms with Crippen molar-refractivity contribution in [3.05, 3.63) is 71.8 Å². The highest BCUT2D eigenvalue weighted by molar-refractivity contribution is 5.90. The van der Waals surface area contributed by atoms with Gasteiger partial charge in [0.2, 0.25) is 5.91 Å². The van der Waals surface area contributed by atoms with E-state index in [9.17, 15) is 29.4 Å². The number of carboxylic acids is 2. The number of amides is 2. The van der Waals surface area contributed by atoms with E-state index in [-0.39, 0.29) is 13.0 Å². The molecular weight excluding hydrogens is 392 g/mol. The van der Waals surface area contributed by atoms with E-state index in [4.69, 9.17) is 4.74 Å². The lowest BCUT2D eigenvalue weighted by atomic mass is 10.0. The van der Waals surface area contributed by atoms with Crippen molar-refractivity contribution in [2.75, 3.05) is 0 Å². The van der Waals surface area contributed by atoms with Crippen LogP contribution in [0.25, 0.3) is 0 Å². The number of carbonyl (C=O) groups excluding carboxylic acids is 4. The van der Waals surface area contributed by atoms with Gasteiger partial charge >= 0.3 is 6.09 Å². The third-order valence-corrected chi connectivity index (χ3v) is 4.08. The third-order valence-electron chi connectivity index (χ3n) is 4.08. The predicted octanol–water partition coefficient (Wildman–Crippen LogP) is -1.10. The fourth-order valence-electron chi connectivity index (χ4n) is 2.60. The molecule has 9 nitrogen and oxygen atoms in total. The highest BCUT2D eigenvalue weighted by Gasteiger charge is 2.25. The van der Waals surface area contributed by atoms with Crippen LogP contribution in [0.1, 0.15) is 17.5 Å². The number of alkyl carbamates (subject to hydrolysis) is 1. The lowest BCUT2D eigenvalue weighted by molar-refractivity contribution is -0.317. The molecular formula is C21H20N2O7-2. The van der Waals surface area contributed by atoms with Crippen molar-refractivity contribution in [2.24, 2.45) is 0 Å². The molecule has 0 aromatic heterocycles. The van der Waals surface area contributed by atoms with Crippen molar-refractivity contribution in [3.63, 3.8) is 0 Å². The molecule has 2 aromatic rings. The molecule has 2 rings (SSSR count). The Morgan fingerprint density at radius 1 is 0.800 bits per heavy atom. The quantitative estimate of drug-likeness (QED) is 0.503. The Morgan fingerprint density at radius 3 is 1.90 bits per heavy atom. The van der Waals surface area contributed by atoms with Gasteiger partial charge in [-0.3, -0.25) is 4.79 Å². The fourth-order valence-corrected chi connectivity index (χ4v) is 2.60. The molecule has 2 N–H and O–H groups in total. The largest absolute Gasteiger partial charge is 0.550 e. The molecule has 0 heterocycles. The molecule has 2 amide bonds. The zero-order valence-electron chi connectivity index (χ0n) is 15.9. The first-order valence-electron chi connectivity index (χ1n) is 9.07. The second-order valence-corrected chi connectivity index (χ2v) is 6.40. The standard InChI is InChI=1S/C21H22N2O7/c24-18(25)12-17(20(27)28)22-19(26)16(11-14-7-3-1-4-8-14)23-21(29)30-13-15-9-5-2-6-10-15/h1-10,16-17H,11-13H2,(H,22,26)(H,23,29)(H,24,25)(H,27,28)/p-2/t16-,17-/m0/s1.